The number of rotatable bonds is 7. The van der Waals surface area contributed by atoms with Gasteiger partial charge in [-0.25, -0.2) is 4.98 Å². The maximum atomic E-state index is 13.4. The van der Waals surface area contributed by atoms with E-state index in [-0.39, 0.29) is 29.5 Å². The molecule has 1 atom stereocenters. The van der Waals surface area contributed by atoms with E-state index in [0.29, 0.717) is 12.1 Å². The van der Waals surface area contributed by atoms with Crippen LogP contribution in [-0.2, 0) is 12.7 Å². The summed E-state index contributed by atoms with van der Waals surface area (Å²) in [5.74, 6) is -0.976. The topological polar surface area (TPSA) is 104 Å². The van der Waals surface area contributed by atoms with Crippen molar-refractivity contribution in [1.29, 1.82) is 0 Å². The Morgan fingerprint density at radius 3 is 2.61 bits per heavy atom. The number of aromatic nitrogens is 2. The van der Waals surface area contributed by atoms with Crippen LogP contribution in [0.5, 0.6) is 0 Å². The van der Waals surface area contributed by atoms with Crippen molar-refractivity contribution in [2.75, 3.05) is 37.4 Å². The smallest absolute Gasteiger partial charge is 0.371 e. The van der Waals surface area contributed by atoms with Crippen molar-refractivity contribution < 1.29 is 22.8 Å². The van der Waals surface area contributed by atoms with Crippen molar-refractivity contribution >= 4 is 23.2 Å². The van der Waals surface area contributed by atoms with Gasteiger partial charge in [0.1, 0.15) is 11.4 Å². The Hall–Kier alpha value is -3.99. The molecule has 1 saturated heterocycles. The van der Waals surface area contributed by atoms with Gasteiger partial charge in [0.25, 0.3) is 11.8 Å². The number of benzene rings is 1. The van der Waals surface area contributed by atoms with Gasteiger partial charge in [0, 0.05) is 48.7 Å². The number of aryl methyl sites for hydroxylation is 1. The summed E-state index contributed by atoms with van der Waals surface area (Å²) in [6, 6.07) is 11.1. The molecular weight excluding hydrogens is 497 g/mol. The molecule has 0 saturated carbocycles. The van der Waals surface area contributed by atoms with Gasteiger partial charge >= 0.3 is 6.18 Å². The normalized spacial score (nSPS) is 15.7. The highest BCUT2D eigenvalue weighted by Gasteiger charge is 2.33. The van der Waals surface area contributed by atoms with Gasteiger partial charge in [-0.15, -0.1) is 0 Å². The molecule has 0 bridgehead atoms. The van der Waals surface area contributed by atoms with Crippen LogP contribution >= 0.6 is 0 Å². The number of halogens is 3. The highest BCUT2D eigenvalue weighted by molar-refractivity contribution is 6.04. The number of primary amides is 1. The Kier molecular flexibility index (Phi) is 7.68. The quantitative estimate of drug-likeness (QED) is 0.478. The Morgan fingerprint density at radius 2 is 1.92 bits per heavy atom. The van der Waals surface area contributed by atoms with Crippen LogP contribution < -0.4 is 16.0 Å². The van der Waals surface area contributed by atoms with Crippen molar-refractivity contribution in [3.63, 3.8) is 0 Å². The number of alkyl halides is 3. The molecule has 3 heterocycles. The van der Waals surface area contributed by atoms with Crippen LogP contribution in [0.15, 0.2) is 48.7 Å². The van der Waals surface area contributed by atoms with Gasteiger partial charge in [0.2, 0.25) is 0 Å². The zero-order chi connectivity index (χ0) is 27.6. The third kappa shape index (κ3) is 6.28. The van der Waals surface area contributed by atoms with E-state index in [1.807, 2.05) is 19.1 Å². The number of pyridine rings is 2. The Balaban J connectivity index is 1.54. The van der Waals surface area contributed by atoms with E-state index in [2.05, 4.69) is 20.2 Å². The monoisotopic (exact) mass is 526 g/mol. The number of hydrogen-bond donors (Lipinski definition) is 2. The van der Waals surface area contributed by atoms with Crippen LogP contribution in [0, 0.1) is 6.92 Å². The van der Waals surface area contributed by atoms with E-state index >= 15 is 0 Å². The second-order valence-corrected chi connectivity index (χ2v) is 9.69. The van der Waals surface area contributed by atoms with Gasteiger partial charge in [0.05, 0.1) is 5.69 Å². The van der Waals surface area contributed by atoms with E-state index in [4.69, 9.17) is 5.73 Å². The number of carbonyl (C=O) groups excluding carboxylic acids is 2. The average molecular weight is 527 g/mol. The first-order valence-corrected chi connectivity index (χ1v) is 12.1. The number of carbonyl (C=O) groups is 2. The Bertz CT molecular complexity index is 1360. The molecule has 3 aromatic rings. The van der Waals surface area contributed by atoms with Crippen molar-refractivity contribution in [2.24, 2.45) is 5.73 Å². The lowest BCUT2D eigenvalue weighted by atomic mass is 9.92. The standard InChI is InChI=1S/C27H29F3N6O2/c1-16-4-5-17(26(38)34-19-11-20(15-35(2)3)33-24(12-19)27(28,29)30)10-22(16)18-7-9-36(14-18)21-6-8-32-23(13-21)25(31)37/h4-6,8,10-13,18H,7,9,14-15H2,1-3H3,(H2,31,37)(H,33,34,38)/t18-/m1/s1. The van der Waals surface area contributed by atoms with Gasteiger partial charge in [-0.05, 0) is 75.0 Å². The highest BCUT2D eigenvalue weighted by Crippen LogP contribution is 2.34. The van der Waals surface area contributed by atoms with Crippen LogP contribution in [0.3, 0.4) is 0 Å². The molecule has 1 aliphatic rings. The summed E-state index contributed by atoms with van der Waals surface area (Å²) in [5.41, 5.74) is 7.92. The van der Waals surface area contributed by atoms with Gasteiger partial charge in [0.15, 0.2) is 0 Å². The van der Waals surface area contributed by atoms with Crippen LogP contribution in [0.2, 0.25) is 0 Å². The van der Waals surface area contributed by atoms with Gasteiger partial charge in [-0.2, -0.15) is 13.2 Å². The summed E-state index contributed by atoms with van der Waals surface area (Å²) in [7, 11) is 3.45. The maximum Gasteiger partial charge on any atom is 0.433 e. The molecule has 1 fully saturated rings. The van der Waals surface area contributed by atoms with Crippen LogP contribution in [-0.4, -0.2) is 53.9 Å². The van der Waals surface area contributed by atoms with E-state index in [1.165, 1.54) is 6.07 Å². The van der Waals surface area contributed by atoms with Crippen molar-refractivity contribution in [1.82, 2.24) is 14.9 Å². The second-order valence-electron chi connectivity index (χ2n) is 9.69. The molecule has 11 heteroatoms. The molecule has 1 aromatic carbocycles. The summed E-state index contributed by atoms with van der Waals surface area (Å²) in [6.45, 7) is 3.57. The molecule has 2 aromatic heterocycles. The molecule has 0 unspecified atom stereocenters. The molecule has 8 nitrogen and oxygen atoms in total. The fourth-order valence-corrected chi connectivity index (χ4v) is 4.63. The summed E-state index contributed by atoms with van der Waals surface area (Å²) in [5, 5.41) is 2.61. The highest BCUT2D eigenvalue weighted by atomic mass is 19.4. The lowest BCUT2D eigenvalue weighted by Gasteiger charge is -2.20. The van der Waals surface area contributed by atoms with Crippen LogP contribution in [0.25, 0.3) is 0 Å². The van der Waals surface area contributed by atoms with E-state index in [9.17, 15) is 22.8 Å². The second kappa shape index (κ2) is 10.8. The van der Waals surface area contributed by atoms with E-state index < -0.39 is 23.7 Å². The van der Waals surface area contributed by atoms with Gasteiger partial charge < -0.3 is 20.9 Å². The molecular formula is C27H29F3N6O2. The molecule has 4 rings (SSSR count). The summed E-state index contributed by atoms with van der Waals surface area (Å²) in [4.78, 5) is 36.1. The predicted molar refractivity (Wildman–Crippen MR) is 138 cm³/mol. The SMILES string of the molecule is Cc1ccc(C(=O)Nc2cc(CN(C)C)nc(C(F)(F)F)c2)cc1[C@@H]1CCN(c2ccnc(C(N)=O)c2)C1. The fourth-order valence-electron chi connectivity index (χ4n) is 4.63. The largest absolute Gasteiger partial charge is 0.433 e. The van der Waals surface area contributed by atoms with E-state index in [1.54, 1.807) is 43.4 Å². The van der Waals surface area contributed by atoms with Gasteiger partial charge in [-0.3, -0.25) is 14.6 Å². The Morgan fingerprint density at radius 1 is 1.16 bits per heavy atom. The Labute approximate surface area is 218 Å². The van der Waals surface area contributed by atoms with Crippen LogP contribution in [0.4, 0.5) is 24.5 Å². The van der Waals surface area contributed by atoms with Crippen molar-refractivity contribution in [3.8, 4) is 0 Å². The fraction of sp³-hybridized carbons (Fsp3) is 0.333. The number of anilines is 2. The van der Waals surface area contributed by atoms with Crippen LogP contribution in [0.1, 0.15) is 55.7 Å². The first kappa shape index (κ1) is 27.1. The molecule has 3 N–H and O–H groups in total. The number of hydrogen-bond acceptors (Lipinski definition) is 6. The zero-order valence-electron chi connectivity index (χ0n) is 21.3. The first-order chi connectivity index (χ1) is 17.9. The minimum atomic E-state index is -4.64. The van der Waals surface area contributed by atoms with Crippen molar-refractivity contribution in [3.05, 3.63) is 82.4 Å². The van der Waals surface area contributed by atoms with E-state index in [0.717, 1.165) is 35.8 Å². The first-order valence-electron chi connectivity index (χ1n) is 12.1. The summed E-state index contributed by atoms with van der Waals surface area (Å²) in [6.07, 6.45) is -2.26. The molecule has 200 valence electrons. The molecule has 0 spiro atoms. The predicted octanol–water partition coefficient (Wildman–Crippen LogP) is 4.21. The number of nitrogens with zero attached hydrogens (tertiary/aromatic N) is 4. The summed E-state index contributed by atoms with van der Waals surface area (Å²) < 4.78 is 40.2. The number of nitrogens with two attached hydrogens (primary N) is 1. The minimum absolute atomic E-state index is 0.0336. The van der Waals surface area contributed by atoms with Crippen molar-refractivity contribution in [2.45, 2.75) is 32.0 Å². The molecule has 0 aliphatic carbocycles. The third-order valence-electron chi connectivity index (χ3n) is 6.44. The molecule has 2 amide bonds. The maximum absolute atomic E-state index is 13.4. The number of amides is 2. The summed E-state index contributed by atoms with van der Waals surface area (Å²) >= 11 is 0. The molecule has 38 heavy (non-hydrogen) atoms. The zero-order valence-corrected chi connectivity index (χ0v) is 21.3. The molecule has 0 radical (unpaired) electrons. The minimum Gasteiger partial charge on any atom is -0.371 e. The average Bonchev–Trinajstić information content (AvgIpc) is 3.33. The van der Waals surface area contributed by atoms with Gasteiger partial charge in [-0.1, -0.05) is 6.07 Å². The number of nitrogens with one attached hydrogen (secondary N) is 1. The third-order valence-corrected chi connectivity index (χ3v) is 6.44. The lowest BCUT2D eigenvalue weighted by Crippen LogP contribution is -2.21. The molecule has 1 aliphatic heterocycles. The lowest BCUT2D eigenvalue weighted by molar-refractivity contribution is -0.141.